The van der Waals surface area contributed by atoms with E-state index in [2.05, 4.69) is 10.2 Å². The molecule has 0 saturated carbocycles. The van der Waals surface area contributed by atoms with E-state index in [4.69, 9.17) is 22.1 Å². The van der Waals surface area contributed by atoms with Crippen LogP contribution in [0.2, 0.25) is 5.02 Å². The third-order valence-electron chi connectivity index (χ3n) is 2.25. The fourth-order valence-corrected chi connectivity index (χ4v) is 2.22. The average Bonchev–Trinajstić information content (AvgIpc) is 2.66. The van der Waals surface area contributed by atoms with Gasteiger partial charge < -0.3 is 10.5 Å². The second-order valence-electron chi connectivity index (χ2n) is 3.55. The number of nitrogen functional groups attached to an aromatic ring is 1. The lowest BCUT2D eigenvalue weighted by molar-refractivity contribution is 0.344. The van der Waals surface area contributed by atoms with E-state index in [-0.39, 0.29) is 0 Å². The molecule has 0 aliphatic rings. The largest absolute Gasteiger partial charge is 0.493 e. The van der Waals surface area contributed by atoms with Crippen LogP contribution in [0, 0.1) is 0 Å². The number of thioether (sulfide) groups is 1. The van der Waals surface area contributed by atoms with Gasteiger partial charge in [-0.1, -0.05) is 29.4 Å². The fraction of sp³-hybridized carbons (Fsp3) is 0.273. The van der Waals surface area contributed by atoms with Crippen molar-refractivity contribution < 1.29 is 4.74 Å². The molecule has 0 atom stereocenters. The Balaban J connectivity index is 1.78. The van der Waals surface area contributed by atoms with E-state index in [1.807, 2.05) is 25.2 Å². The maximum Gasteiger partial charge on any atom is 0.222 e. The van der Waals surface area contributed by atoms with Crippen molar-refractivity contribution in [1.29, 1.82) is 0 Å². The van der Waals surface area contributed by atoms with Gasteiger partial charge in [0.15, 0.2) is 5.16 Å². The number of nitrogens with zero attached hydrogens (tertiary/aromatic N) is 3. The number of halogens is 1. The van der Waals surface area contributed by atoms with E-state index in [1.54, 1.807) is 22.4 Å². The molecular formula is C11H13ClN4OS. The van der Waals surface area contributed by atoms with Gasteiger partial charge in [-0.15, -0.1) is 10.2 Å². The number of benzene rings is 1. The summed E-state index contributed by atoms with van der Waals surface area (Å²) in [6.07, 6.45) is 0. The highest BCUT2D eigenvalue weighted by Crippen LogP contribution is 2.19. The molecule has 0 radical (unpaired) electrons. The van der Waals surface area contributed by atoms with Crippen LogP contribution in [0.15, 0.2) is 29.4 Å². The lowest BCUT2D eigenvalue weighted by Crippen LogP contribution is -2.02. The Hall–Kier alpha value is -1.40. The second kappa shape index (κ2) is 5.97. The van der Waals surface area contributed by atoms with Gasteiger partial charge in [0.2, 0.25) is 5.95 Å². The maximum atomic E-state index is 5.86. The summed E-state index contributed by atoms with van der Waals surface area (Å²) in [6.45, 7) is 0.567. The van der Waals surface area contributed by atoms with Crippen LogP contribution in [0.3, 0.4) is 0 Å². The number of ether oxygens (including phenoxy) is 1. The number of anilines is 1. The van der Waals surface area contributed by atoms with Crippen molar-refractivity contribution in [2.45, 2.75) is 5.16 Å². The Kier molecular flexibility index (Phi) is 4.33. The summed E-state index contributed by atoms with van der Waals surface area (Å²) >= 11 is 7.40. The standard InChI is InChI=1S/C11H13ClN4OS/c1-16-10(13)14-15-11(16)18-6-5-17-9-4-2-3-8(12)7-9/h2-4,7H,5-6H2,1H3,(H2,13,14). The van der Waals surface area contributed by atoms with Crippen molar-refractivity contribution in [2.24, 2.45) is 7.05 Å². The minimum Gasteiger partial charge on any atom is -0.493 e. The highest BCUT2D eigenvalue weighted by molar-refractivity contribution is 7.99. The normalized spacial score (nSPS) is 10.6. The Bertz CT molecular complexity index is 532. The third kappa shape index (κ3) is 3.30. The van der Waals surface area contributed by atoms with Crippen LogP contribution < -0.4 is 10.5 Å². The number of rotatable bonds is 5. The van der Waals surface area contributed by atoms with Crippen LogP contribution in [-0.4, -0.2) is 27.1 Å². The Labute approximate surface area is 114 Å². The summed E-state index contributed by atoms with van der Waals surface area (Å²) < 4.78 is 7.30. The summed E-state index contributed by atoms with van der Waals surface area (Å²) in [5, 5.41) is 9.17. The molecule has 0 aliphatic heterocycles. The minimum absolute atomic E-state index is 0.410. The Morgan fingerprint density at radius 1 is 1.44 bits per heavy atom. The molecule has 18 heavy (non-hydrogen) atoms. The van der Waals surface area contributed by atoms with Crippen LogP contribution in [-0.2, 0) is 7.05 Å². The first-order valence-corrected chi connectivity index (χ1v) is 6.69. The second-order valence-corrected chi connectivity index (χ2v) is 5.05. The molecule has 5 nitrogen and oxygen atoms in total. The Morgan fingerprint density at radius 2 is 2.28 bits per heavy atom. The first-order chi connectivity index (χ1) is 8.66. The highest BCUT2D eigenvalue weighted by Gasteiger charge is 2.05. The molecule has 0 saturated heterocycles. The third-order valence-corrected chi connectivity index (χ3v) is 3.47. The van der Waals surface area contributed by atoms with Crippen molar-refractivity contribution in [3.8, 4) is 5.75 Å². The molecule has 1 heterocycles. The van der Waals surface area contributed by atoms with Gasteiger partial charge in [0, 0.05) is 17.8 Å². The van der Waals surface area contributed by atoms with E-state index in [9.17, 15) is 0 Å². The van der Waals surface area contributed by atoms with Crippen LogP contribution in [0.4, 0.5) is 5.95 Å². The van der Waals surface area contributed by atoms with Crippen molar-refractivity contribution in [3.05, 3.63) is 29.3 Å². The van der Waals surface area contributed by atoms with Gasteiger partial charge in [0.1, 0.15) is 5.75 Å². The summed E-state index contributed by atoms with van der Waals surface area (Å²) in [4.78, 5) is 0. The van der Waals surface area contributed by atoms with Gasteiger partial charge in [-0.25, -0.2) is 0 Å². The predicted molar refractivity (Wildman–Crippen MR) is 73.1 cm³/mol. The van der Waals surface area contributed by atoms with Gasteiger partial charge in [-0.05, 0) is 18.2 Å². The fourth-order valence-electron chi connectivity index (χ4n) is 1.30. The zero-order valence-corrected chi connectivity index (χ0v) is 11.4. The number of aromatic nitrogens is 3. The van der Waals surface area contributed by atoms with Crippen LogP contribution in [0.1, 0.15) is 0 Å². The molecule has 0 aliphatic carbocycles. The quantitative estimate of drug-likeness (QED) is 0.674. The van der Waals surface area contributed by atoms with E-state index in [0.717, 1.165) is 16.7 Å². The zero-order chi connectivity index (χ0) is 13.0. The van der Waals surface area contributed by atoms with Crippen molar-refractivity contribution >= 4 is 29.3 Å². The van der Waals surface area contributed by atoms with Crippen molar-refractivity contribution in [1.82, 2.24) is 14.8 Å². The summed E-state index contributed by atoms with van der Waals surface area (Å²) in [7, 11) is 1.83. The summed E-state index contributed by atoms with van der Waals surface area (Å²) in [6, 6.07) is 7.32. The van der Waals surface area contributed by atoms with Crippen LogP contribution in [0.5, 0.6) is 5.75 Å². The highest BCUT2D eigenvalue weighted by atomic mass is 35.5. The SMILES string of the molecule is Cn1c(N)nnc1SCCOc1cccc(Cl)c1. The first kappa shape index (κ1) is 13.0. The van der Waals surface area contributed by atoms with Gasteiger partial charge in [0.05, 0.1) is 6.61 Å². The number of hydrogen-bond donors (Lipinski definition) is 1. The molecule has 0 fully saturated rings. The van der Waals surface area contributed by atoms with Gasteiger partial charge in [-0.3, -0.25) is 4.57 Å². The molecule has 2 aromatic rings. The zero-order valence-electron chi connectivity index (χ0n) is 9.84. The van der Waals surface area contributed by atoms with Crippen LogP contribution >= 0.6 is 23.4 Å². The molecule has 0 spiro atoms. The molecule has 0 amide bonds. The molecule has 1 aromatic carbocycles. The number of nitrogens with two attached hydrogens (primary N) is 1. The average molecular weight is 285 g/mol. The van der Waals surface area contributed by atoms with Crippen molar-refractivity contribution in [2.75, 3.05) is 18.1 Å². The van der Waals surface area contributed by atoms with E-state index >= 15 is 0 Å². The first-order valence-electron chi connectivity index (χ1n) is 5.33. The molecule has 7 heteroatoms. The predicted octanol–water partition coefficient (Wildman–Crippen LogP) is 2.22. The lowest BCUT2D eigenvalue weighted by Gasteiger charge is -2.05. The minimum atomic E-state index is 0.410. The molecule has 1 aromatic heterocycles. The number of hydrogen-bond acceptors (Lipinski definition) is 5. The smallest absolute Gasteiger partial charge is 0.222 e. The molecule has 96 valence electrons. The van der Waals surface area contributed by atoms with E-state index in [0.29, 0.717) is 17.6 Å². The maximum absolute atomic E-state index is 5.86. The molecule has 0 bridgehead atoms. The topological polar surface area (TPSA) is 66.0 Å². The molecule has 2 rings (SSSR count). The summed E-state index contributed by atoms with van der Waals surface area (Å²) in [5.41, 5.74) is 5.58. The van der Waals surface area contributed by atoms with Gasteiger partial charge >= 0.3 is 0 Å². The molecule has 0 unspecified atom stereocenters. The Morgan fingerprint density at radius 3 is 2.94 bits per heavy atom. The van der Waals surface area contributed by atoms with Crippen LogP contribution in [0.25, 0.3) is 0 Å². The van der Waals surface area contributed by atoms with Crippen molar-refractivity contribution in [3.63, 3.8) is 0 Å². The van der Waals surface area contributed by atoms with Gasteiger partial charge in [-0.2, -0.15) is 0 Å². The molecular weight excluding hydrogens is 272 g/mol. The lowest BCUT2D eigenvalue weighted by atomic mass is 10.3. The van der Waals surface area contributed by atoms with Gasteiger partial charge in [0.25, 0.3) is 0 Å². The van der Waals surface area contributed by atoms with E-state index in [1.165, 1.54) is 0 Å². The van der Waals surface area contributed by atoms with E-state index < -0.39 is 0 Å². The summed E-state index contributed by atoms with van der Waals surface area (Å²) in [5.74, 6) is 1.94. The molecule has 2 N–H and O–H groups in total. The monoisotopic (exact) mass is 284 g/mol.